The fourth-order valence-corrected chi connectivity index (χ4v) is 3.74. The summed E-state index contributed by atoms with van der Waals surface area (Å²) < 4.78 is 33.2. The summed E-state index contributed by atoms with van der Waals surface area (Å²) in [7, 11) is -3.75. The van der Waals surface area contributed by atoms with Gasteiger partial charge in [0.05, 0.1) is 16.8 Å². The van der Waals surface area contributed by atoms with Gasteiger partial charge < -0.3 is 10.1 Å². The second-order valence-electron chi connectivity index (χ2n) is 6.82. The van der Waals surface area contributed by atoms with E-state index in [1.54, 1.807) is 25.3 Å². The summed E-state index contributed by atoms with van der Waals surface area (Å²) in [6, 6.07) is 14.8. The van der Waals surface area contributed by atoms with Crippen molar-refractivity contribution in [1.82, 2.24) is 4.98 Å². The molecule has 0 radical (unpaired) electrons. The molecule has 3 aromatic rings. The minimum Gasteiger partial charge on any atom is -0.481 e. The fraction of sp³-hybridized carbons (Fsp3) is 0.182. The first-order valence-corrected chi connectivity index (χ1v) is 10.8. The van der Waals surface area contributed by atoms with Crippen molar-refractivity contribution in [2.45, 2.75) is 31.8 Å². The third kappa shape index (κ3) is 5.15. The minimum atomic E-state index is -3.75. The van der Waals surface area contributed by atoms with Crippen molar-refractivity contribution in [3.63, 3.8) is 0 Å². The number of carbonyl (C=O) groups excluding carboxylic acids is 1. The van der Waals surface area contributed by atoms with E-state index in [-0.39, 0.29) is 10.8 Å². The lowest BCUT2D eigenvalue weighted by Crippen LogP contribution is -2.30. The zero-order valence-electron chi connectivity index (χ0n) is 16.9. The molecule has 0 aliphatic heterocycles. The topological polar surface area (TPSA) is 97.4 Å². The van der Waals surface area contributed by atoms with Gasteiger partial charge in [-0.2, -0.15) is 0 Å². The largest absolute Gasteiger partial charge is 0.481 e. The molecule has 8 heteroatoms. The van der Waals surface area contributed by atoms with Crippen LogP contribution >= 0.6 is 0 Å². The molecule has 7 nitrogen and oxygen atoms in total. The van der Waals surface area contributed by atoms with Crippen molar-refractivity contribution in [1.29, 1.82) is 0 Å². The van der Waals surface area contributed by atoms with Crippen molar-refractivity contribution in [2.75, 3.05) is 10.0 Å². The number of hydrogen-bond acceptors (Lipinski definition) is 5. The first kappa shape index (κ1) is 21.3. The van der Waals surface area contributed by atoms with Gasteiger partial charge in [-0.15, -0.1) is 0 Å². The predicted molar refractivity (Wildman–Crippen MR) is 116 cm³/mol. The van der Waals surface area contributed by atoms with E-state index < -0.39 is 16.1 Å². The number of anilines is 2. The highest BCUT2D eigenvalue weighted by Crippen LogP contribution is 2.22. The molecule has 0 spiro atoms. The first-order chi connectivity index (χ1) is 14.3. The molecule has 2 N–H and O–H groups in total. The van der Waals surface area contributed by atoms with Gasteiger partial charge in [0, 0.05) is 11.9 Å². The van der Waals surface area contributed by atoms with Crippen molar-refractivity contribution in [3.8, 4) is 5.75 Å². The zero-order valence-corrected chi connectivity index (χ0v) is 17.7. The Hall–Kier alpha value is -3.39. The Morgan fingerprint density at radius 3 is 2.40 bits per heavy atom. The number of sulfonamides is 1. The molecule has 0 aliphatic carbocycles. The van der Waals surface area contributed by atoms with Gasteiger partial charge in [0.15, 0.2) is 6.10 Å². The number of ether oxygens (including phenoxy) is 1. The van der Waals surface area contributed by atoms with E-state index in [4.69, 9.17) is 4.74 Å². The van der Waals surface area contributed by atoms with E-state index >= 15 is 0 Å². The summed E-state index contributed by atoms with van der Waals surface area (Å²) in [6.07, 6.45) is 2.25. The summed E-state index contributed by atoms with van der Waals surface area (Å²) >= 11 is 0. The maximum Gasteiger partial charge on any atom is 0.265 e. The molecular weight excluding hydrogens is 402 g/mol. The van der Waals surface area contributed by atoms with Crippen LogP contribution in [0, 0.1) is 13.8 Å². The maximum absolute atomic E-state index is 12.5. The van der Waals surface area contributed by atoms with Crippen molar-refractivity contribution in [2.24, 2.45) is 0 Å². The molecule has 0 saturated heterocycles. The number of nitrogens with one attached hydrogen (secondary N) is 2. The molecule has 30 heavy (non-hydrogen) atoms. The summed E-state index contributed by atoms with van der Waals surface area (Å²) in [5.74, 6) is 0.320. The molecule has 0 saturated carbocycles. The van der Waals surface area contributed by atoms with Crippen LogP contribution in [0.4, 0.5) is 11.4 Å². The van der Waals surface area contributed by atoms with Crippen LogP contribution in [-0.2, 0) is 14.8 Å². The highest BCUT2D eigenvalue weighted by atomic mass is 32.2. The van der Waals surface area contributed by atoms with Gasteiger partial charge in [-0.05, 0) is 74.4 Å². The Bertz CT molecular complexity index is 1130. The molecule has 1 amide bonds. The Kier molecular flexibility index (Phi) is 6.37. The summed E-state index contributed by atoms with van der Waals surface area (Å²) in [5.41, 5.74) is 2.90. The number of benzene rings is 2. The van der Waals surface area contributed by atoms with Gasteiger partial charge >= 0.3 is 0 Å². The number of rotatable bonds is 7. The molecule has 0 bridgehead atoms. The van der Waals surface area contributed by atoms with Crippen molar-refractivity contribution < 1.29 is 17.9 Å². The number of nitrogens with zero attached hydrogens (tertiary/aromatic N) is 1. The lowest BCUT2D eigenvalue weighted by Gasteiger charge is -2.17. The maximum atomic E-state index is 12.5. The average molecular weight is 426 g/mol. The lowest BCUT2D eigenvalue weighted by molar-refractivity contribution is -0.122. The highest BCUT2D eigenvalue weighted by Gasteiger charge is 2.18. The van der Waals surface area contributed by atoms with Gasteiger partial charge in [0.1, 0.15) is 5.75 Å². The molecule has 0 unspecified atom stereocenters. The molecule has 1 aromatic heterocycles. The van der Waals surface area contributed by atoms with Gasteiger partial charge in [-0.3, -0.25) is 14.5 Å². The molecule has 3 rings (SSSR count). The smallest absolute Gasteiger partial charge is 0.265 e. The first-order valence-electron chi connectivity index (χ1n) is 9.33. The molecule has 0 fully saturated rings. The Labute approximate surface area is 176 Å². The normalized spacial score (nSPS) is 12.1. The van der Waals surface area contributed by atoms with Crippen LogP contribution in [-0.4, -0.2) is 25.4 Å². The van der Waals surface area contributed by atoms with Crippen LogP contribution < -0.4 is 14.8 Å². The quantitative estimate of drug-likeness (QED) is 0.598. The van der Waals surface area contributed by atoms with Crippen molar-refractivity contribution in [3.05, 3.63) is 78.1 Å². The van der Waals surface area contributed by atoms with Crippen LogP contribution in [0.5, 0.6) is 5.75 Å². The number of hydrogen-bond donors (Lipinski definition) is 2. The Morgan fingerprint density at radius 1 is 1.00 bits per heavy atom. The van der Waals surface area contributed by atoms with Crippen LogP contribution in [0.2, 0.25) is 0 Å². The second-order valence-corrected chi connectivity index (χ2v) is 8.50. The molecule has 0 aliphatic rings. The fourth-order valence-electron chi connectivity index (χ4n) is 2.69. The van der Waals surface area contributed by atoms with Crippen LogP contribution in [0.15, 0.2) is 71.9 Å². The van der Waals surface area contributed by atoms with E-state index in [2.05, 4.69) is 15.0 Å². The van der Waals surface area contributed by atoms with Crippen LogP contribution in [0.25, 0.3) is 0 Å². The van der Waals surface area contributed by atoms with Gasteiger partial charge in [-0.1, -0.05) is 12.1 Å². The van der Waals surface area contributed by atoms with E-state index in [1.165, 1.54) is 30.5 Å². The van der Waals surface area contributed by atoms with E-state index in [1.807, 2.05) is 32.0 Å². The average Bonchev–Trinajstić information content (AvgIpc) is 2.72. The minimum absolute atomic E-state index is 0.0732. The standard InChI is InChI=1S/C22H23N3O4S/c1-15-6-4-8-21(16(15)2)29-17(3)22(26)24-18-9-11-20(12-10-18)30(27,28)25-19-7-5-13-23-14-19/h4-14,17,25H,1-3H3,(H,24,26)/t17-/m1/s1. The number of aromatic nitrogens is 1. The lowest BCUT2D eigenvalue weighted by atomic mass is 10.1. The van der Waals surface area contributed by atoms with E-state index in [0.717, 1.165) is 11.1 Å². The third-order valence-electron chi connectivity index (χ3n) is 4.57. The van der Waals surface area contributed by atoms with E-state index in [0.29, 0.717) is 17.1 Å². The summed E-state index contributed by atoms with van der Waals surface area (Å²) in [6.45, 7) is 5.58. The predicted octanol–water partition coefficient (Wildman–Crippen LogP) is 3.91. The Morgan fingerprint density at radius 2 is 1.73 bits per heavy atom. The zero-order chi connectivity index (χ0) is 21.7. The summed E-state index contributed by atoms with van der Waals surface area (Å²) in [5, 5.41) is 2.74. The number of carbonyl (C=O) groups is 1. The SMILES string of the molecule is Cc1cccc(O[C@H](C)C(=O)Nc2ccc(S(=O)(=O)Nc3cccnc3)cc2)c1C. The highest BCUT2D eigenvalue weighted by molar-refractivity contribution is 7.92. The van der Waals surface area contributed by atoms with Gasteiger partial charge in [0.2, 0.25) is 0 Å². The monoisotopic (exact) mass is 425 g/mol. The molecule has 1 heterocycles. The van der Waals surface area contributed by atoms with Gasteiger partial charge in [-0.25, -0.2) is 8.42 Å². The Balaban J connectivity index is 1.64. The van der Waals surface area contributed by atoms with Crippen molar-refractivity contribution >= 4 is 27.3 Å². The van der Waals surface area contributed by atoms with Crippen LogP contribution in [0.3, 0.4) is 0 Å². The molecule has 1 atom stereocenters. The number of amides is 1. The van der Waals surface area contributed by atoms with Crippen LogP contribution in [0.1, 0.15) is 18.1 Å². The molecular formula is C22H23N3O4S. The van der Waals surface area contributed by atoms with E-state index in [9.17, 15) is 13.2 Å². The number of pyridine rings is 1. The molecule has 2 aromatic carbocycles. The van der Waals surface area contributed by atoms with Gasteiger partial charge in [0.25, 0.3) is 15.9 Å². The second kappa shape index (κ2) is 8.96. The summed E-state index contributed by atoms with van der Waals surface area (Å²) in [4.78, 5) is 16.4. The number of aryl methyl sites for hydroxylation is 1. The molecule has 156 valence electrons. The third-order valence-corrected chi connectivity index (χ3v) is 5.97.